The molecule has 1 saturated heterocycles. The van der Waals surface area contributed by atoms with Gasteiger partial charge in [-0.1, -0.05) is 6.07 Å². The maximum atomic E-state index is 12.5. The van der Waals surface area contributed by atoms with Crippen LogP contribution >= 0.6 is 0 Å². The van der Waals surface area contributed by atoms with Gasteiger partial charge in [-0.05, 0) is 37.8 Å². The summed E-state index contributed by atoms with van der Waals surface area (Å²) in [6.45, 7) is 3.77. The van der Waals surface area contributed by atoms with Crippen LogP contribution < -0.4 is 0 Å². The minimum absolute atomic E-state index is 0.104. The number of aromatic nitrogens is 2. The van der Waals surface area contributed by atoms with E-state index in [4.69, 9.17) is 0 Å². The van der Waals surface area contributed by atoms with Gasteiger partial charge in [-0.3, -0.25) is 9.20 Å². The zero-order valence-electron chi connectivity index (χ0n) is 10.6. The van der Waals surface area contributed by atoms with E-state index in [-0.39, 0.29) is 5.91 Å². The van der Waals surface area contributed by atoms with Gasteiger partial charge in [0.1, 0.15) is 11.3 Å². The molecule has 0 aromatic carbocycles. The maximum Gasteiger partial charge on any atom is 0.272 e. The molecule has 18 heavy (non-hydrogen) atoms. The molecule has 0 unspecified atom stereocenters. The van der Waals surface area contributed by atoms with Crippen molar-refractivity contribution >= 4 is 11.6 Å². The Balaban J connectivity index is 1.98. The van der Waals surface area contributed by atoms with E-state index in [9.17, 15) is 4.79 Å². The van der Waals surface area contributed by atoms with Gasteiger partial charge in [0.2, 0.25) is 0 Å². The van der Waals surface area contributed by atoms with Crippen LogP contribution in [-0.2, 0) is 0 Å². The molecule has 4 nitrogen and oxygen atoms in total. The monoisotopic (exact) mass is 243 g/mol. The van der Waals surface area contributed by atoms with Gasteiger partial charge in [0.15, 0.2) is 0 Å². The smallest absolute Gasteiger partial charge is 0.272 e. The number of rotatable bonds is 1. The molecule has 2 aromatic heterocycles. The SMILES string of the molecule is Cc1ccc2ncc(C(=O)N3CCCCC3)n2c1. The molecule has 0 atom stereocenters. The first-order chi connectivity index (χ1) is 8.75. The van der Waals surface area contributed by atoms with Crippen molar-refractivity contribution in [2.24, 2.45) is 0 Å². The lowest BCUT2D eigenvalue weighted by molar-refractivity contribution is 0.0717. The van der Waals surface area contributed by atoms with Crippen LogP contribution in [0.1, 0.15) is 35.3 Å². The average Bonchev–Trinajstić information content (AvgIpc) is 2.82. The number of nitrogens with zero attached hydrogens (tertiary/aromatic N) is 3. The first-order valence-corrected chi connectivity index (χ1v) is 6.49. The summed E-state index contributed by atoms with van der Waals surface area (Å²) in [5.41, 5.74) is 2.64. The second kappa shape index (κ2) is 4.44. The van der Waals surface area contributed by atoms with Gasteiger partial charge >= 0.3 is 0 Å². The van der Waals surface area contributed by atoms with Crippen molar-refractivity contribution in [2.45, 2.75) is 26.2 Å². The highest BCUT2D eigenvalue weighted by Crippen LogP contribution is 2.15. The van der Waals surface area contributed by atoms with Gasteiger partial charge < -0.3 is 4.90 Å². The lowest BCUT2D eigenvalue weighted by atomic mass is 10.1. The number of imidazole rings is 1. The summed E-state index contributed by atoms with van der Waals surface area (Å²) in [4.78, 5) is 18.7. The van der Waals surface area contributed by atoms with Crippen molar-refractivity contribution in [1.82, 2.24) is 14.3 Å². The fourth-order valence-corrected chi connectivity index (χ4v) is 2.50. The van der Waals surface area contributed by atoms with Crippen molar-refractivity contribution in [1.29, 1.82) is 0 Å². The Morgan fingerprint density at radius 2 is 2.00 bits per heavy atom. The molecule has 0 bridgehead atoms. The summed E-state index contributed by atoms with van der Waals surface area (Å²) >= 11 is 0. The van der Waals surface area contributed by atoms with Crippen LogP contribution in [0.4, 0.5) is 0 Å². The van der Waals surface area contributed by atoms with Gasteiger partial charge in [0, 0.05) is 19.3 Å². The fourth-order valence-electron chi connectivity index (χ4n) is 2.50. The molecule has 1 fully saturated rings. The van der Waals surface area contributed by atoms with E-state index in [1.807, 2.05) is 34.6 Å². The Bertz CT molecular complexity index is 582. The summed E-state index contributed by atoms with van der Waals surface area (Å²) in [6, 6.07) is 3.96. The zero-order chi connectivity index (χ0) is 12.5. The van der Waals surface area contributed by atoms with Gasteiger partial charge in [-0.2, -0.15) is 0 Å². The topological polar surface area (TPSA) is 37.6 Å². The molecule has 0 aliphatic carbocycles. The Morgan fingerprint density at radius 3 is 2.78 bits per heavy atom. The van der Waals surface area contributed by atoms with Crippen molar-refractivity contribution in [3.8, 4) is 0 Å². The second-order valence-corrected chi connectivity index (χ2v) is 4.93. The van der Waals surface area contributed by atoms with E-state index in [2.05, 4.69) is 4.98 Å². The molecule has 1 aliphatic heterocycles. The number of fused-ring (bicyclic) bond motifs is 1. The molecule has 3 heterocycles. The molecule has 94 valence electrons. The zero-order valence-corrected chi connectivity index (χ0v) is 10.6. The molecule has 0 spiro atoms. The first-order valence-electron chi connectivity index (χ1n) is 6.49. The molecule has 1 aliphatic rings. The van der Waals surface area contributed by atoms with Crippen molar-refractivity contribution in [2.75, 3.05) is 13.1 Å². The molecule has 0 N–H and O–H groups in total. The molecule has 4 heteroatoms. The number of hydrogen-bond acceptors (Lipinski definition) is 2. The maximum absolute atomic E-state index is 12.5. The predicted octanol–water partition coefficient (Wildman–Crippen LogP) is 2.27. The fraction of sp³-hybridized carbons (Fsp3) is 0.429. The molecule has 0 radical (unpaired) electrons. The first kappa shape index (κ1) is 11.3. The molecule has 1 amide bonds. The van der Waals surface area contributed by atoms with Crippen molar-refractivity contribution < 1.29 is 4.79 Å². The van der Waals surface area contributed by atoms with Crippen LogP contribution in [0.5, 0.6) is 0 Å². The van der Waals surface area contributed by atoms with E-state index in [0.29, 0.717) is 5.69 Å². The summed E-state index contributed by atoms with van der Waals surface area (Å²) in [5.74, 6) is 0.104. The Hall–Kier alpha value is -1.84. The largest absolute Gasteiger partial charge is 0.337 e. The minimum atomic E-state index is 0.104. The van der Waals surface area contributed by atoms with Gasteiger partial charge in [0.25, 0.3) is 5.91 Å². The van der Waals surface area contributed by atoms with Gasteiger partial charge in [-0.15, -0.1) is 0 Å². The molecule has 2 aromatic rings. The van der Waals surface area contributed by atoms with E-state index in [0.717, 1.165) is 37.1 Å². The van der Waals surface area contributed by atoms with Crippen LogP contribution in [0.3, 0.4) is 0 Å². The van der Waals surface area contributed by atoms with Crippen LogP contribution in [-0.4, -0.2) is 33.3 Å². The number of likely N-dealkylation sites (tertiary alicyclic amines) is 1. The molecule has 0 saturated carbocycles. The van der Waals surface area contributed by atoms with Crippen LogP contribution in [0, 0.1) is 6.92 Å². The highest BCUT2D eigenvalue weighted by molar-refractivity contribution is 5.93. The van der Waals surface area contributed by atoms with Crippen LogP contribution in [0.15, 0.2) is 24.5 Å². The van der Waals surface area contributed by atoms with E-state index < -0.39 is 0 Å². The minimum Gasteiger partial charge on any atom is -0.337 e. The highest BCUT2D eigenvalue weighted by atomic mass is 16.2. The van der Waals surface area contributed by atoms with Gasteiger partial charge in [-0.25, -0.2) is 4.98 Å². The lowest BCUT2D eigenvalue weighted by Crippen LogP contribution is -2.36. The normalized spacial score (nSPS) is 16.2. The second-order valence-electron chi connectivity index (χ2n) is 4.93. The standard InChI is InChI=1S/C14H17N3O/c1-11-5-6-13-15-9-12(17(13)10-11)14(18)16-7-3-2-4-8-16/h5-6,9-10H,2-4,7-8H2,1H3. The van der Waals surface area contributed by atoms with E-state index in [1.54, 1.807) is 6.20 Å². The number of carbonyl (C=O) groups excluding carboxylic acids is 1. The van der Waals surface area contributed by atoms with Crippen LogP contribution in [0.25, 0.3) is 5.65 Å². The summed E-state index contributed by atoms with van der Waals surface area (Å²) in [6.07, 6.45) is 7.12. The third kappa shape index (κ3) is 1.88. The molecular formula is C14H17N3O. The average molecular weight is 243 g/mol. The van der Waals surface area contributed by atoms with E-state index >= 15 is 0 Å². The number of carbonyl (C=O) groups is 1. The van der Waals surface area contributed by atoms with Gasteiger partial charge in [0.05, 0.1) is 6.20 Å². The third-order valence-electron chi connectivity index (χ3n) is 3.52. The quantitative estimate of drug-likeness (QED) is 0.770. The molecule has 3 rings (SSSR count). The number of aryl methyl sites for hydroxylation is 1. The Labute approximate surface area is 106 Å². The van der Waals surface area contributed by atoms with Crippen molar-refractivity contribution in [3.05, 3.63) is 35.8 Å². The number of hydrogen-bond donors (Lipinski definition) is 0. The highest BCUT2D eigenvalue weighted by Gasteiger charge is 2.21. The number of piperidine rings is 1. The third-order valence-corrected chi connectivity index (χ3v) is 3.52. The summed E-state index contributed by atoms with van der Waals surface area (Å²) < 4.78 is 1.90. The number of amides is 1. The number of pyridine rings is 1. The summed E-state index contributed by atoms with van der Waals surface area (Å²) in [5, 5.41) is 0. The predicted molar refractivity (Wildman–Crippen MR) is 69.7 cm³/mol. The summed E-state index contributed by atoms with van der Waals surface area (Å²) in [7, 11) is 0. The Morgan fingerprint density at radius 1 is 1.22 bits per heavy atom. The van der Waals surface area contributed by atoms with Crippen LogP contribution in [0.2, 0.25) is 0 Å². The molecular weight excluding hydrogens is 226 g/mol. The van der Waals surface area contributed by atoms with E-state index in [1.165, 1.54) is 6.42 Å². The lowest BCUT2D eigenvalue weighted by Gasteiger charge is -2.26. The van der Waals surface area contributed by atoms with Crippen molar-refractivity contribution in [3.63, 3.8) is 0 Å². The Kier molecular flexibility index (Phi) is 2.78.